The van der Waals surface area contributed by atoms with Crippen molar-refractivity contribution < 1.29 is 22.7 Å². The van der Waals surface area contributed by atoms with E-state index >= 15 is 0 Å². The Bertz CT molecular complexity index is 1360. The molecule has 0 unspecified atom stereocenters. The fourth-order valence-electron chi connectivity index (χ4n) is 3.95. The highest BCUT2D eigenvalue weighted by Gasteiger charge is 2.32. The zero-order chi connectivity index (χ0) is 28.6. The van der Waals surface area contributed by atoms with Crippen molar-refractivity contribution in [3.8, 4) is 5.75 Å². The van der Waals surface area contributed by atoms with Gasteiger partial charge in [0.2, 0.25) is 11.8 Å². The van der Waals surface area contributed by atoms with Crippen molar-refractivity contribution in [3.05, 3.63) is 90.0 Å². The summed E-state index contributed by atoms with van der Waals surface area (Å²) in [7, 11) is -2.64. The fraction of sp³-hybridized carbons (Fsp3) is 0.333. The summed E-state index contributed by atoms with van der Waals surface area (Å²) in [6.45, 7) is 7.13. The molecule has 3 rings (SSSR count). The average molecular weight is 552 g/mol. The van der Waals surface area contributed by atoms with E-state index in [4.69, 9.17) is 4.74 Å². The first-order chi connectivity index (χ1) is 18.6. The normalized spacial score (nSPS) is 12.7. The standard InChI is InChI=1S/C30H37N3O5S/c1-6-23(3)31-30(35)24(4)32(20-25-17-15-22(2)16-18-25)29(34)21-33(26-11-10-12-27(19-26)38-5)39(36,37)28-13-8-7-9-14-28/h7-19,23-24H,6,20-21H2,1-5H3,(H,31,35)/t23-,24+/m0/s1. The van der Waals surface area contributed by atoms with Crippen molar-refractivity contribution in [2.45, 2.75) is 57.6 Å². The van der Waals surface area contributed by atoms with Crippen molar-refractivity contribution in [1.29, 1.82) is 0 Å². The number of anilines is 1. The predicted molar refractivity (Wildman–Crippen MR) is 153 cm³/mol. The van der Waals surface area contributed by atoms with E-state index in [-0.39, 0.29) is 29.1 Å². The Morgan fingerprint density at radius 1 is 0.949 bits per heavy atom. The van der Waals surface area contributed by atoms with E-state index in [0.29, 0.717) is 5.75 Å². The number of amides is 2. The van der Waals surface area contributed by atoms with E-state index < -0.39 is 28.5 Å². The molecule has 9 heteroatoms. The maximum atomic E-state index is 13.9. The monoisotopic (exact) mass is 551 g/mol. The molecule has 3 aromatic rings. The van der Waals surface area contributed by atoms with Gasteiger partial charge in [0.25, 0.3) is 10.0 Å². The summed E-state index contributed by atoms with van der Waals surface area (Å²) in [5, 5.41) is 2.93. The number of rotatable bonds is 12. The van der Waals surface area contributed by atoms with Crippen LogP contribution in [0.5, 0.6) is 5.75 Å². The van der Waals surface area contributed by atoms with Crippen molar-refractivity contribution >= 4 is 27.5 Å². The molecule has 0 fully saturated rings. The first-order valence-electron chi connectivity index (χ1n) is 12.9. The summed E-state index contributed by atoms with van der Waals surface area (Å²) in [5.74, 6) is -0.362. The molecule has 0 saturated carbocycles. The summed E-state index contributed by atoms with van der Waals surface area (Å²) in [4.78, 5) is 28.5. The Hall–Kier alpha value is -3.85. The van der Waals surface area contributed by atoms with Crippen LogP contribution in [-0.4, -0.2) is 50.9 Å². The Kier molecular flexibility index (Phi) is 10.1. The minimum atomic E-state index is -4.13. The zero-order valence-corrected chi connectivity index (χ0v) is 23.9. The van der Waals surface area contributed by atoms with Crippen LogP contribution in [-0.2, 0) is 26.2 Å². The lowest BCUT2D eigenvalue weighted by Gasteiger charge is -2.32. The topological polar surface area (TPSA) is 96.0 Å². The molecule has 0 radical (unpaired) electrons. The summed E-state index contributed by atoms with van der Waals surface area (Å²) >= 11 is 0. The molecule has 2 atom stereocenters. The molecule has 208 valence electrons. The van der Waals surface area contributed by atoms with Crippen LogP contribution in [0.3, 0.4) is 0 Å². The summed E-state index contributed by atoms with van der Waals surface area (Å²) in [5.41, 5.74) is 2.17. The highest BCUT2D eigenvalue weighted by atomic mass is 32.2. The van der Waals surface area contributed by atoms with Crippen LogP contribution in [0.25, 0.3) is 0 Å². The van der Waals surface area contributed by atoms with Gasteiger partial charge in [-0.2, -0.15) is 0 Å². The second-order valence-corrected chi connectivity index (χ2v) is 11.4. The van der Waals surface area contributed by atoms with Crippen LogP contribution in [0.1, 0.15) is 38.3 Å². The van der Waals surface area contributed by atoms with Crippen LogP contribution >= 0.6 is 0 Å². The minimum Gasteiger partial charge on any atom is -0.497 e. The Morgan fingerprint density at radius 2 is 1.62 bits per heavy atom. The second kappa shape index (κ2) is 13.3. The number of hydrogen-bond donors (Lipinski definition) is 1. The van der Waals surface area contributed by atoms with Crippen LogP contribution in [0.15, 0.2) is 83.8 Å². The molecule has 39 heavy (non-hydrogen) atoms. The molecule has 8 nitrogen and oxygen atoms in total. The third kappa shape index (κ3) is 7.60. The van der Waals surface area contributed by atoms with Gasteiger partial charge in [-0.15, -0.1) is 0 Å². The molecule has 0 saturated heterocycles. The van der Waals surface area contributed by atoms with Gasteiger partial charge >= 0.3 is 0 Å². The quantitative estimate of drug-likeness (QED) is 0.357. The maximum Gasteiger partial charge on any atom is 0.264 e. The lowest BCUT2D eigenvalue weighted by molar-refractivity contribution is -0.139. The molecular formula is C30H37N3O5S. The lowest BCUT2D eigenvalue weighted by atomic mass is 10.1. The van der Waals surface area contributed by atoms with Gasteiger partial charge in [0.05, 0.1) is 17.7 Å². The largest absolute Gasteiger partial charge is 0.497 e. The van der Waals surface area contributed by atoms with E-state index in [0.717, 1.165) is 21.9 Å². The first-order valence-corrected chi connectivity index (χ1v) is 14.4. The molecule has 0 aliphatic rings. The van der Waals surface area contributed by atoms with E-state index in [1.807, 2.05) is 45.0 Å². The molecule has 0 aliphatic heterocycles. The van der Waals surface area contributed by atoms with Crippen LogP contribution < -0.4 is 14.4 Å². The van der Waals surface area contributed by atoms with Crippen LogP contribution in [0.2, 0.25) is 0 Å². The molecule has 0 aromatic heterocycles. The highest BCUT2D eigenvalue weighted by Crippen LogP contribution is 2.27. The van der Waals surface area contributed by atoms with Gasteiger partial charge in [0.15, 0.2) is 0 Å². The Labute approximate surface area is 231 Å². The number of methoxy groups -OCH3 is 1. The van der Waals surface area contributed by atoms with Gasteiger partial charge in [-0.25, -0.2) is 8.42 Å². The molecular weight excluding hydrogens is 514 g/mol. The van der Waals surface area contributed by atoms with Crippen molar-refractivity contribution in [3.63, 3.8) is 0 Å². The number of carbonyl (C=O) groups excluding carboxylic acids is 2. The van der Waals surface area contributed by atoms with Gasteiger partial charge in [0, 0.05) is 18.7 Å². The summed E-state index contributed by atoms with van der Waals surface area (Å²) in [6.07, 6.45) is 0.739. The third-order valence-corrected chi connectivity index (χ3v) is 8.38. The van der Waals surface area contributed by atoms with E-state index in [2.05, 4.69) is 5.32 Å². The first kappa shape index (κ1) is 29.7. The molecule has 0 bridgehead atoms. The van der Waals surface area contributed by atoms with Crippen LogP contribution in [0.4, 0.5) is 5.69 Å². The fourth-order valence-corrected chi connectivity index (χ4v) is 5.38. The zero-order valence-electron chi connectivity index (χ0n) is 23.1. The lowest BCUT2D eigenvalue weighted by Crippen LogP contribution is -2.52. The number of hydrogen-bond acceptors (Lipinski definition) is 5. The van der Waals surface area contributed by atoms with Gasteiger partial charge in [-0.3, -0.25) is 13.9 Å². The molecule has 2 amide bonds. The smallest absolute Gasteiger partial charge is 0.264 e. The summed E-state index contributed by atoms with van der Waals surface area (Å²) < 4.78 is 34.0. The van der Waals surface area contributed by atoms with Crippen molar-refractivity contribution in [2.75, 3.05) is 18.0 Å². The van der Waals surface area contributed by atoms with Gasteiger partial charge in [0.1, 0.15) is 18.3 Å². The van der Waals surface area contributed by atoms with E-state index in [9.17, 15) is 18.0 Å². The number of benzene rings is 3. The number of carbonyl (C=O) groups is 2. The number of ether oxygens (including phenoxy) is 1. The molecule has 1 N–H and O–H groups in total. The Balaban J connectivity index is 2.02. The van der Waals surface area contributed by atoms with Crippen LogP contribution in [0, 0.1) is 6.92 Å². The van der Waals surface area contributed by atoms with Crippen molar-refractivity contribution in [2.24, 2.45) is 0 Å². The molecule has 0 aliphatic carbocycles. The number of nitrogens with zero attached hydrogens (tertiary/aromatic N) is 2. The summed E-state index contributed by atoms with van der Waals surface area (Å²) in [6, 6.07) is 21.3. The maximum absolute atomic E-state index is 13.9. The third-order valence-electron chi connectivity index (χ3n) is 6.59. The molecule has 0 heterocycles. The minimum absolute atomic E-state index is 0.0493. The molecule has 3 aromatic carbocycles. The van der Waals surface area contributed by atoms with Gasteiger partial charge < -0.3 is 15.0 Å². The highest BCUT2D eigenvalue weighted by molar-refractivity contribution is 7.92. The second-order valence-electron chi connectivity index (χ2n) is 9.53. The SMILES string of the molecule is CC[C@H](C)NC(=O)[C@@H](C)N(Cc1ccc(C)cc1)C(=O)CN(c1cccc(OC)c1)S(=O)(=O)c1ccccc1. The predicted octanol–water partition coefficient (Wildman–Crippen LogP) is 4.53. The molecule has 0 spiro atoms. The van der Waals surface area contributed by atoms with Gasteiger partial charge in [-0.05, 0) is 57.0 Å². The average Bonchev–Trinajstić information content (AvgIpc) is 2.95. The van der Waals surface area contributed by atoms with Gasteiger partial charge in [-0.1, -0.05) is 61.0 Å². The van der Waals surface area contributed by atoms with Crippen molar-refractivity contribution in [1.82, 2.24) is 10.2 Å². The Morgan fingerprint density at radius 3 is 2.23 bits per heavy atom. The number of nitrogens with one attached hydrogen (secondary N) is 1. The van der Waals surface area contributed by atoms with E-state index in [1.54, 1.807) is 49.4 Å². The number of sulfonamides is 1. The van der Waals surface area contributed by atoms with E-state index in [1.165, 1.54) is 24.1 Å². The number of aryl methyl sites for hydroxylation is 1.